The number of allylic oxidation sites excluding steroid dienone is 3. The molecule has 6 heteroatoms. The third-order valence-corrected chi connectivity index (χ3v) is 13.2. The highest BCUT2D eigenvalue weighted by atomic mass is 16.5. The number of aliphatic hydroxyl groups excluding tert-OH is 2. The predicted octanol–water partition coefficient (Wildman–Crippen LogP) is 17.5. The van der Waals surface area contributed by atoms with Crippen LogP contribution in [0.15, 0.2) is 24.3 Å². The second kappa shape index (κ2) is 54.0. The molecule has 64 heavy (non-hydrogen) atoms. The van der Waals surface area contributed by atoms with E-state index in [0.29, 0.717) is 19.4 Å². The van der Waals surface area contributed by atoms with Crippen LogP contribution in [0.5, 0.6) is 0 Å². The molecule has 0 aromatic heterocycles. The summed E-state index contributed by atoms with van der Waals surface area (Å²) in [5, 5.41) is 23.0. The molecule has 0 saturated carbocycles. The van der Waals surface area contributed by atoms with E-state index in [1.165, 1.54) is 238 Å². The van der Waals surface area contributed by atoms with Gasteiger partial charge in [-0.05, 0) is 57.8 Å². The number of hydrogen-bond donors (Lipinski definition) is 3. The van der Waals surface area contributed by atoms with Crippen LogP contribution in [0.4, 0.5) is 0 Å². The number of amides is 1. The molecule has 0 bridgehead atoms. The van der Waals surface area contributed by atoms with Crippen LogP contribution in [0.25, 0.3) is 0 Å². The fourth-order valence-electron chi connectivity index (χ4n) is 8.81. The first-order valence-electron chi connectivity index (χ1n) is 28.6. The normalized spacial score (nSPS) is 12.8. The summed E-state index contributed by atoms with van der Waals surface area (Å²) < 4.78 is 5.48. The molecule has 0 aliphatic rings. The van der Waals surface area contributed by atoms with Gasteiger partial charge in [0.2, 0.25) is 5.91 Å². The number of aliphatic hydroxyl groups is 2. The van der Waals surface area contributed by atoms with Crippen LogP contribution in [0, 0.1) is 0 Å². The minimum Gasteiger partial charge on any atom is -0.466 e. The summed E-state index contributed by atoms with van der Waals surface area (Å²) in [5.41, 5.74) is 0. The van der Waals surface area contributed by atoms with Crippen molar-refractivity contribution in [2.45, 2.75) is 321 Å². The van der Waals surface area contributed by atoms with Gasteiger partial charge < -0.3 is 20.3 Å². The van der Waals surface area contributed by atoms with Crippen LogP contribution in [0.1, 0.15) is 309 Å². The molecule has 0 heterocycles. The molecule has 1 amide bonds. The molecule has 0 aliphatic heterocycles. The second-order valence-corrected chi connectivity index (χ2v) is 19.6. The van der Waals surface area contributed by atoms with E-state index in [2.05, 4.69) is 31.3 Å². The third-order valence-electron chi connectivity index (χ3n) is 13.2. The van der Waals surface area contributed by atoms with Crippen molar-refractivity contribution in [1.82, 2.24) is 5.32 Å². The molecular formula is C58H111NO5. The van der Waals surface area contributed by atoms with Gasteiger partial charge in [-0.1, -0.05) is 263 Å². The van der Waals surface area contributed by atoms with Crippen molar-refractivity contribution in [3.05, 3.63) is 24.3 Å². The molecule has 6 nitrogen and oxygen atoms in total. The van der Waals surface area contributed by atoms with Crippen LogP contribution < -0.4 is 5.32 Å². The third kappa shape index (κ3) is 49.8. The first-order valence-corrected chi connectivity index (χ1v) is 28.6. The molecular weight excluding hydrogens is 791 g/mol. The second-order valence-electron chi connectivity index (χ2n) is 19.6. The Morgan fingerprint density at radius 3 is 1.11 bits per heavy atom. The zero-order valence-electron chi connectivity index (χ0n) is 43.0. The highest BCUT2D eigenvalue weighted by Crippen LogP contribution is 2.16. The molecule has 0 saturated heterocycles. The number of ether oxygens (including phenoxy) is 1. The van der Waals surface area contributed by atoms with E-state index in [9.17, 15) is 19.8 Å². The Bertz CT molecular complexity index is 997. The van der Waals surface area contributed by atoms with Crippen molar-refractivity contribution in [2.24, 2.45) is 0 Å². The van der Waals surface area contributed by atoms with Gasteiger partial charge in [0, 0.05) is 12.8 Å². The van der Waals surface area contributed by atoms with E-state index >= 15 is 0 Å². The van der Waals surface area contributed by atoms with Crippen molar-refractivity contribution < 1.29 is 24.5 Å². The highest BCUT2D eigenvalue weighted by Gasteiger charge is 2.18. The summed E-state index contributed by atoms with van der Waals surface area (Å²) in [6.07, 6.45) is 64.9. The minimum absolute atomic E-state index is 0.0104. The number of carbonyl (C=O) groups is 2. The molecule has 0 aliphatic carbocycles. The highest BCUT2D eigenvalue weighted by molar-refractivity contribution is 5.76. The lowest BCUT2D eigenvalue weighted by Gasteiger charge is -2.20. The molecule has 0 aromatic carbocycles. The number of nitrogens with one attached hydrogen (secondary N) is 1. The maximum Gasteiger partial charge on any atom is 0.305 e. The van der Waals surface area contributed by atoms with E-state index < -0.39 is 12.1 Å². The van der Waals surface area contributed by atoms with Crippen molar-refractivity contribution in [3.63, 3.8) is 0 Å². The quantitative estimate of drug-likeness (QED) is 0.0321. The minimum atomic E-state index is -0.847. The summed E-state index contributed by atoms with van der Waals surface area (Å²) in [5.74, 6) is -0.0663. The Balaban J connectivity index is 3.41. The lowest BCUT2D eigenvalue weighted by atomic mass is 10.0. The number of unbranched alkanes of at least 4 members (excludes halogenated alkanes) is 40. The Morgan fingerprint density at radius 2 is 0.734 bits per heavy atom. The lowest BCUT2D eigenvalue weighted by Crippen LogP contribution is -2.45. The summed E-state index contributed by atoms with van der Waals surface area (Å²) in [4.78, 5) is 24.5. The molecule has 0 rings (SSSR count). The van der Waals surface area contributed by atoms with Gasteiger partial charge in [0.1, 0.15) is 0 Å². The molecule has 378 valence electrons. The summed E-state index contributed by atoms with van der Waals surface area (Å²) >= 11 is 0. The van der Waals surface area contributed by atoms with Crippen LogP contribution in [0.3, 0.4) is 0 Å². The SMILES string of the molecule is CCCCCCCCCCC/C=C/C(O)C(CO)NC(=O)CCCCCCCCC/C=C\CCCCCCCCCCCCOC(=O)CCCCCCCCCCCCCCCCC. The van der Waals surface area contributed by atoms with E-state index in [4.69, 9.17) is 4.74 Å². The van der Waals surface area contributed by atoms with Gasteiger partial charge in [-0.2, -0.15) is 0 Å². The summed E-state index contributed by atoms with van der Waals surface area (Å²) in [6, 6.07) is -0.631. The van der Waals surface area contributed by atoms with Gasteiger partial charge in [-0.25, -0.2) is 0 Å². The molecule has 3 N–H and O–H groups in total. The van der Waals surface area contributed by atoms with Crippen molar-refractivity contribution >= 4 is 11.9 Å². The van der Waals surface area contributed by atoms with Gasteiger partial charge in [-0.3, -0.25) is 9.59 Å². The van der Waals surface area contributed by atoms with E-state index in [1.807, 2.05) is 6.08 Å². The topological polar surface area (TPSA) is 95.9 Å². The van der Waals surface area contributed by atoms with E-state index in [1.54, 1.807) is 6.08 Å². The lowest BCUT2D eigenvalue weighted by molar-refractivity contribution is -0.143. The molecule has 2 atom stereocenters. The largest absolute Gasteiger partial charge is 0.466 e. The Kier molecular flexibility index (Phi) is 52.6. The molecule has 0 radical (unpaired) electrons. The maximum absolute atomic E-state index is 12.4. The fraction of sp³-hybridized carbons (Fsp3) is 0.897. The number of rotatable bonds is 53. The van der Waals surface area contributed by atoms with E-state index in [-0.39, 0.29) is 18.5 Å². The standard InChI is InChI=1S/C58H111NO5/c1-3-5-7-9-11-13-15-16-24-28-32-36-40-44-48-52-58(63)64-53-49-45-41-37-33-29-26-23-21-19-17-18-20-22-25-27-31-35-39-43-47-51-57(62)59-55(54-60)56(61)50-46-42-38-34-30-14-12-10-8-6-4-2/h18,20,46,50,55-56,60-61H,3-17,19,21-45,47-49,51-54H2,1-2H3,(H,59,62)/b20-18-,50-46+. The molecule has 2 unspecified atom stereocenters. The van der Waals surface area contributed by atoms with Crippen LogP contribution >= 0.6 is 0 Å². The molecule has 0 aromatic rings. The van der Waals surface area contributed by atoms with Crippen LogP contribution in [-0.4, -0.2) is 47.4 Å². The van der Waals surface area contributed by atoms with Crippen LogP contribution in [-0.2, 0) is 14.3 Å². The van der Waals surface area contributed by atoms with E-state index in [0.717, 1.165) is 44.9 Å². The zero-order valence-corrected chi connectivity index (χ0v) is 43.0. The Hall–Kier alpha value is -1.66. The molecule has 0 fully saturated rings. The molecule has 0 spiro atoms. The summed E-state index contributed by atoms with van der Waals surface area (Å²) in [7, 11) is 0. The number of hydrogen-bond acceptors (Lipinski definition) is 5. The zero-order chi connectivity index (χ0) is 46.5. The van der Waals surface area contributed by atoms with Gasteiger partial charge in [0.05, 0.1) is 25.4 Å². The van der Waals surface area contributed by atoms with Gasteiger partial charge in [-0.15, -0.1) is 0 Å². The average Bonchev–Trinajstić information content (AvgIpc) is 3.29. The Labute approximate surface area is 399 Å². The smallest absolute Gasteiger partial charge is 0.305 e. The van der Waals surface area contributed by atoms with Gasteiger partial charge >= 0.3 is 5.97 Å². The average molecular weight is 903 g/mol. The number of esters is 1. The first-order chi connectivity index (χ1) is 31.5. The van der Waals surface area contributed by atoms with Crippen molar-refractivity contribution in [3.8, 4) is 0 Å². The van der Waals surface area contributed by atoms with Crippen LogP contribution in [0.2, 0.25) is 0 Å². The fourth-order valence-corrected chi connectivity index (χ4v) is 8.81. The predicted molar refractivity (Wildman–Crippen MR) is 278 cm³/mol. The van der Waals surface area contributed by atoms with Crippen molar-refractivity contribution in [2.75, 3.05) is 13.2 Å². The Morgan fingerprint density at radius 1 is 0.422 bits per heavy atom. The van der Waals surface area contributed by atoms with Gasteiger partial charge in [0.25, 0.3) is 0 Å². The number of carbonyl (C=O) groups excluding carboxylic acids is 2. The first kappa shape index (κ1) is 62.3. The van der Waals surface area contributed by atoms with Gasteiger partial charge in [0.15, 0.2) is 0 Å². The summed E-state index contributed by atoms with van der Waals surface area (Å²) in [6.45, 7) is 4.89. The maximum atomic E-state index is 12.4. The van der Waals surface area contributed by atoms with Crippen molar-refractivity contribution in [1.29, 1.82) is 0 Å². The monoisotopic (exact) mass is 902 g/mol.